The molecule has 0 aliphatic heterocycles. The average Bonchev–Trinajstić information content (AvgIpc) is 3.20. The van der Waals surface area contributed by atoms with Crippen LogP contribution in [-0.4, -0.2) is 75.6 Å². The van der Waals surface area contributed by atoms with Crippen molar-refractivity contribution in [2.24, 2.45) is 0 Å². The summed E-state index contributed by atoms with van der Waals surface area (Å²) in [7, 11) is 1.67. The largest absolute Gasteiger partial charge is 0.472 e. The van der Waals surface area contributed by atoms with Gasteiger partial charge in [-0.1, -0.05) is 192 Å². The summed E-state index contributed by atoms with van der Waals surface area (Å²) in [5.74, 6) is -0.319. The summed E-state index contributed by atoms with van der Waals surface area (Å²) in [6.45, 7) is 5.65. The topological polar surface area (TPSA) is 91.3 Å². The van der Waals surface area contributed by atoms with Crippen molar-refractivity contribution in [3.05, 3.63) is 24.3 Å². The number of quaternary nitrogens is 1. The molecule has 60 heavy (non-hydrogen) atoms. The molecule has 0 aliphatic rings. The maximum atomic E-state index is 12.7. The minimum atomic E-state index is -4.28. The predicted molar refractivity (Wildman–Crippen MR) is 257 cm³/mol. The summed E-state index contributed by atoms with van der Waals surface area (Å²) in [6.07, 6.45) is 52.2. The molecule has 0 aromatic rings. The van der Waals surface area contributed by atoms with E-state index < -0.39 is 13.9 Å². The Morgan fingerprint density at radius 1 is 0.500 bits per heavy atom. The fraction of sp³-hybridized carbons (Fsp3) is 0.902. The molecule has 9 heteroatoms. The molecule has 0 aliphatic carbocycles. The number of ether oxygens (including phenoxy) is 2. The SMILES string of the molecule is CCCCCCCCC/C=C\CCCCCCCC(=O)OC(COCCCCCCCCCCCC/C=C\CCCCCCCCCC)COP(=O)(O)OCC[N+](C)(C)C. The molecular formula is C51H101NO7P+. The first-order valence-corrected chi connectivity index (χ1v) is 27.1. The standard InChI is InChI=1S/C51H100NO7P/c1-6-8-10-12-14-16-18-20-22-24-25-26-27-28-29-31-33-35-37-39-41-43-46-56-48-50(49-58-60(54,55)57-47-45-52(3,4)5)59-51(53)44-42-40-38-36-34-32-30-23-21-19-17-15-13-11-9-7-2/h23-25,30,50H,6-22,26-29,31-49H2,1-5H3/p+1/b25-24-,30-23-. The van der Waals surface area contributed by atoms with Crippen molar-refractivity contribution < 1.29 is 37.3 Å². The third-order valence-corrected chi connectivity index (χ3v) is 12.2. The highest BCUT2D eigenvalue weighted by Crippen LogP contribution is 2.43. The summed E-state index contributed by atoms with van der Waals surface area (Å²) in [5.41, 5.74) is 0. The van der Waals surface area contributed by atoms with Gasteiger partial charge in [-0.2, -0.15) is 0 Å². The van der Waals surface area contributed by atoms with E-state index in [-0.39, 0.29) is 25.8 Å². The Bertz CT molecular complexity index is 1010. The van der Waals surface area contributed by atoms with Crippen LogP contribution in [0.1, 0.15) is 239 Å². The van der Waals surface area contributed by atoms with Gasteiger partial charge in [0.2, 0.25) is 0 Å². The van der Waals surface area contributed by atoms with Gasteiger partial charge < -0.3 is 18.9 Å². The van der Waals surface area contributed by atoms with E-state index in [1.54, 1.807) is 0 Å². The minimum Gasteiger partial charge on any atom is -0.457 e. The van der Waals surface area contributed by atoms with Gasteiger partial charge in [0.1, 0.15) is 19.3 Å². The van der Waals surface area contributed by atoms with Crippen molar-refractivity contribution in [2.45, 2.75) is 245 Å². The van der Waals surface area contributed by atoms with Crippen LogP contribution in [-0.2, 0) is 27.9 Å². The van der Waals surface area contributed by atoms with Crippen LogP contribution < -0.4 is 0 Å². The van der Waals surface area contributed by atoms with Crippen LogP contribution in [0.2, 0.25) is 0 Å². The molecule has 0 aromatic carbocycles. The van der Waals surface area contributed by atoms with Gasteiger partial charge in [0.05, 0.1) is 34.4 Å². The maximum absolute atomic E-state index is 12.7. The Labute approximate surface area is 373 Å². The number of carbonyl (C=O) groups excluding carboxylic acids is 1. The molecule has 1 N–H and O–H groups in total. The summed E-state index contributed by atoms with van der Waals surface area (Å²) in [6, 6.07) is 0. The number of allylic oxidation sites excluding steroid dienone is 4. The highest BCUT2D eigenvalue weighted by molar-refractivity contribution is 7.47. The van der Waals surface area contributed by atoms with E-state index in [0.717, 1.165) is 38.5 Å². The molecule has 2 unspecified atom stereocenters. The number of unbranched alkanes of at least 4 members (excludes halogenated alkanes) is 30. The van der Waals surface area contributed by atoms with E-state index in [1.165, 1.54) is 180 Å². The lowest BCUT2D eigenvalue weighted by atomic mass is 10.1. The maximum Gasteiger partial charge on any atom is 0.472 e. The number of phosphoric acid groups is 1. The number of nitrogens with zero attached hydrogens (tertiary/aromatic N) is 1. The van der Waals surface area contributed by atoms with Crippen molar-refractivity contribution in [1.29, 1.82) is 0 Å². The first-order valence-electron chi connectivity index (χ1n) is 25.6. The van der Waals surface area contributed by atoms with Crippen LogP contribution in [0.15, 0.2) is 24.3 Å². The Hall–Kier alpha value is -1.02. The molecule has 0 saturated heterocycles. The van der Waals surface area contributed by atoms with E-state index >= 15 is 0 Å². The number of hydrogen-bond donors (Lipinski definition) is 1. The molecule has 8 nitrogen and oxygen atoms in total. The Kier molecular flexibility index (Phi) is 43.8. The fourth-order valence-electron chi connectivity index (χ4n) is 7.25. The van der Waals surface area contributed by atoms with Crippen LogP contribution in [0.3, 0.4) is 0 Å². The number of carbonyl (C=O) groups is 1. The molecule has 0 radical (unpaired) electrons. The van der Waals surface area contributed by atoms with Crippen molar-refractivity contribution in [3.63, 3.8) is 0 Å². The first-order chi connectivity index (χ1) is 29.1. The van der Waals surface area contributed by atoms with Crippen LogP contribution in [0.4, 0.5) is 0 Å². The van der Waals surface area contributed by atoms with Crippen LogP contribution in [0.5, 0.6) is 0 Å². The summed E-state index contributed by atoms with van der Waals surface area (Å²) >= 11 is 0. The molecular weight excluding hydrogens is 770 g/mol. The smallest absolute Gasteiger partial charge is 0.457 e. The highest BCUT2D eigenvalue weighted by atomic mass is 31.2. The second-order valence-electron chi connectivity index (χ2n) is 18.5. The summed E-state index contributed by atoms with van der Waals surface area (Å²) < 4.78 is 35.1. The van der Waals surface area contributed by atoms with Gasteiger partial charge in [-0.25, -0.2) is 4.57 Å². The molecule has 0 aromatic heterocycles. The Morgan fingerprint density at radius 2 is 0.867 bits per heavy atom. The second kappa shape index (κ2) is 44.6. The molecule has 0 fully saturated rings. The summed E-state index contributed by atoms with van der Waals surface area (Å²) in [5, 5.41) is 0. The molecule has 2 atom stereocenters. The van der Waals surface area contributed by atoms with E-state index in [4.69, 9.17) is 18.5 Å². The van der Waals surface area contributed by atoms with Gasteiger partial charge in [-0.05, 0) is 64.2 Å². The molecule has 0 saturated carbocycles. The Balaban J connectivity index is 4.12. The second-order valence-corrected chi connectivity index (χ2v) is 20.0. The van der Waals surface area contributed by atoms with Gasteiger partial charge >= 0.3 is 13.8 Å². The number of phosphoric ester groups is 1. The number of likely N-dealkylation sites (N-methyl/N-ethyl adjacent to an activating group) is 1. The van der Waals surface area contributed by atoms with Crippen molar-refractivity contribution in [1.82, 2.24) is 0 Å². The van der Waals surface area contributed by atoms with Crippen LogP contribution in [0.25, 0.3) is 0 Å². The highest BCUT2D eigenvalue weighted by Gasteiger charge is 2.26. The zero-order chi connectivity index (χ0) is 44.1. The molecule has 0 rings (SSSR count). The molecule has 0 spiro atoms. The van der Waals surface area contributed by atoms with E-state index in [9.17, 15) is 14.3 Å². The van der Waals surface area contributed by atoms with Gasteiger partial charge in [-0.3, -0.25) is 13.8 Å². The van der Waals surface area contributed by atoms with Crippen molar-refractivity contribution in [2.75, 3.05) is 54.1 Å². The molecule has 0 heterocycles. The van der Waals surface area contributed by atoms with E-state index in [0.29, 0.717) is 24.1 Å². The van der Waals surface area contributed by atoms with Crippen molar-refractivity contribution in [3.8, 4) is 0 Å². The number of hydrogen-bond acceptors (Lipinski definition) is 6. The normalized spacial score (nSPS) is 13.8. The number of esters is 1. The third-order valence-electron chi connectivity index (χ3n) is 11.2. The van der Waals surface area contributed by atoms with Crippen LogP contribution in [0, 0.1) is 0 Å². The zero-order valence-electron chi connectivity index (χ0n) is 40.5. The number of rotatable bonds is 48. The first kappa shape index (κ1) is 59.0. The van der Waals surface area contributed by atoms with Gasteiger partial charge in [0.15, 0.2) is 0 Å². The lowest BCUT2D eigenvalue weighted by molar-refractivity contribution is -0.870. The van der Waals surface area contributed by atoms with Gasteiger partial charge in [-0.15, -0.1) is 0 Å². The summed E-state index contributed by atoms with van der Waals surface area (Å²) in [4.78, 5) is 23.0. The predicted octanol–water partition coefficient (Wildman–Crippen LogP) is 15.6. The Morgan fingerprint density at radius 3 is 1.27 bits per heavy atom. The third kappa shape index (κ3) is 48.0. The molecule has 356 valence electrons. The van der Waals surface area contributed by atoms with Gasteiger partial charge in [0.25, 0.3) is 0 Å². The molecule has 0 bridgehead atoms. The van der Waals surface area contributed by atoms with Crippen LogP contribution >= 0.6 is 7.82 Å². The average molecular weight is 871 g/mol. The fourth-order valence-corrected chi connectivity index (χ4v) is 7.99. The lowest BCUT2D eigenvalue weighted by Crippen LogP contribution is -2.37. The quantitative estimate of drug-likeness (QED) is 0.0214. The lowest BCUT2D eigenvalue weighted by Gasteiger charge is -2.24. The minimum absolute atomic E-state index is 0.0884. The van der Waals surface area contributed by atoms with Crippen molar-refractivity contribution >= 4 is 13.8 Å². The van der Waals surface area contributed by atoms with Gasteiger partial charge in [0, 0.05) is 13.0 Å². The molecule has 0 amide bonds. The van der Waals surface area contributed by atoms with E-state index in [1.807, 2.05) is 21.1 Å². The van der Waals surface area contributed by atoms with E-state index in [2.05, 4.69) is 38.2 Å². The monoisotopic (exact) mass is 871 g/mol. The zero-order valence-corrected chi connectivity index (χ0v) is 41.4.